The fraction of sp³-hybridized carbons (Fsp3) is 0.189. The Labute approximate surface area is 251 Å². The maximum Gasteiger partial charge on any atom is 0.260 e. The van der Waals surface area contributed by atoms with Gasteiger partial charge in [-0.05, 0) is 64.1 Å². The Bertz CT molecular complexity index is 1930. The monoisotopic (exact) mass is 563 g/mol. The Morgan fingerprint density at radius 3 is 2.05 bits per heavy atom. The van der Waals surface area contributed by atoms with E-state index in [0.717, 1.165) is 40.6 Å². The molecule has 3 aliphatic heterocycles. The summed E-state index contributed by atoms with van der Waals surface area (Å²) in [5.41, 5.74) is 9.79. The van der Waals surface area contributed by atoms with Crippen molar-refractivity contribution in [2.75, 3.05) is 4.90 Å². The summed E-state index contributed by atoms with van der Waals surface area (Å²) >= 11 is 1.82. The van der Waals surface area contributed by atoms with Crippen LogP contribution in [0.25, 0.3) is 0 Å². The van der Waals surface area contributed by atoms with Gasteiger partial charge < -0.3 is 14.4 Å². The Morgan fingerprint density at radius 2 is 1.31 bits per heavy atom. The molecule has 9 rings (SSSR count). The molecule has 0 N–H and O–H groups in total. The van der Waals surface area contributed by atoms with Crippen molar-refractivity contribution in [1.82, 2.24) is 0 Å². The molecule has 3 heterocycles. The van der Waals surface area contributed by atoms with Gasteiger partial charge in [0.25, 0.3) is 6.71 Å². The third-order valence-corrected chi connectivity index (χ3v) is 10.6. The highest BCUT2D eigenvalue weighted by molar-refractivity contribution is 7.99. The third-order valence-electron chi connectivity index (χ3n) is 9.52. The third kappa shape index (κ3) is 3.26. The first-order chi connectivity index (χ1) is 20.3. The van der Waals surface area contributed by atoms with Crippen molar-refractivity contribution < 1.29 is 9.47 Å². The van der Waals surface area contributed by atoms with Gasteiger partial charge >= 0.3 is 0 Å². The first kappa shape index (κ1) is 24.5. The molecular formula is C37H30BNO2S. The Kier molecular flexibility index (Phi) is 4.82. The van der Waals surface area contributed by atoms with Gasteiger partial charge in [0.1, 0.15) is 23.0 Å². The lowest BCUT2D eigenvalue weighted by atomic mass is 9.34. The van der Waals surface area contributed by atoms with Crippen molar-refractivity contribution >= 4 is 51.9 Å². The van der Waals surface area contributed by atoms with E-state index in [-0.39, 0.29) is 17.5 Å². The van der Waals surface area contributed by atoms with Crippen molar-refractivity contribution in [2.45, 2.75) is 54.7 Å². The lowest BCUT2D eigenvalue weighted by molar-refractivity contribution is 0.394. The van der Waals surface area contributed by atoms with Gasteiger partial charge in [-0.3, -0.25) is 0 Å². The molecule has 0 fully saturated rings. The molecule has 0 bridgehead atoms. The van der Waals surface area contributed by atoms with Crippen LogP contribution in [0, 0.1) is 0 Å². The van der Waals surface area contributed by atoms with Gasteiger partial charge in [0, 0.05) is 32.9 Å². The van der Waals surface area contributed by atoms with Crippen LogP contribution in [0.4, 0.5) is 17.1 Å². The Hall–Kier alpha value is -4.09. The van der Waals surface area contributed by atoms with Crippen molar-refractivity contribution in [3.63, 3.8) is 0 Å². The molecular weight excluding hydrogens is 533 g/mol. The maximum absolute atomic E-state index is 7.11. The summed E-state index contributed by atoms with van der Waals surface area (Å²) in [6, 6.07) is 34.9. The Balaban J connectivity index is 1.31. The van der Waals surface area contributed by atoms with Crippen LogP contribution in [0.3, 0.4) is 0 Å². The van der Waals surface area contributed by atoms with Crippen molar-refractivity contribution in [3.8, 4) is 23.0 Å². The summed E-state index contributed by atoms with van der Waals surface area (Å²) in [6.45, 7) is 9.54. The Morgan fingerprint density at radius 1 is 0.667 bits per heavy atom. The number of hydrogen-bond donors (Lipinski definition) is 0. The molecule has 0 radical (unpaired) electrons. The number of ether oxygens (including phenoxy) is 2. The van der Waals surface area contributed by atoms with Gasteiger partial charge in [-0.2, -0.15) is 0 Å². The van der Waals surface area contributed by atoms with Crippen LogP contribution >= 0.6 is 11.8 Å². The molecule has 5 aromatic rings. The number of benzene rings is 5. The molecule has 0 atom stereocenters. The second kappa shape index (κ2) is 8.26. The predicted octanol–water partition coefficient (Wildman–Crippen LogP) is 8.31. The highest BCUT2D eigenvalue weighted by atomic mass is 32.2. The van der Waals surface area contributed by atoms with E-state index in [2.05, 4.69) is 130 Å². The summed E-state index contributed by atoms with van der Waals surface area (Å²) in [4.78, 5) is 4.83. The summed E-state index contributed by atoms with van der Waals surface area (Å²) in [6.07, 6.45) is 1.09. The largest absolute Gasteiger partial charge is 0.458 e. The average Bonchev–Trinajstić information content (AvgIpc) is 3.18. The molecule has 0 saturated carbocycles. The number of hydrogen-bond acceptors (Lipinski definition) is 4. The van der Waals surface area contributed by atoms with Crippen molar-refractivity contribution in [1.29, 1.82) is 0 Å². The zero-order valence-electron chi connectivity index (χ0n) is 24.2. The van der Waals surface area contributed by atoms with Crippen LogP contribution in [-0.4, -0.2) is 6.71 Å². The molecule has 5 aromatic carbocycles. The number of anilines is 3. The number of para-hydroxylation sites is 3. The zero-order chi connectivity index (χ0) is 28.4. The SMILES string of the molecule is CC1(C)CC(C)(C)c2c1ccc1c2Oc2cc(N3c4ccccc4Sc4ccccc43)cc3c2B1c1ccccc1O3. The minimum atomic E-state index is 0.00871. The minimum absolute atomic E-state index is 0.00871. The molecule has 204 valence electrons. The highest BCUT2D eigenvalue weighted by Crippen LogP contribution is 2.55. The fourth-order valence-electron chi connectivity index (χ4n) is 8.13. The maximum atomic E-state index is 7.11. The number of nitrogens with zero attached hydrogens (tertiary/aromatic N) is 1. The normalized spacial score (nSPS) is 17.5. The van der Waals surface area contributed by atoms with Crippen LogP contribution in [0.15, 0.2) is 107 Å². The first-order valence-electron chi connectivity index (χ1n) is 14.8. The summed E-state index contributed by atoms with van der Waals surface area (Å²) < 4.78 is 13.8. The lowest BCUT2D eigenvalue weighted by Gasteiger charge is -2.37. The second-order valence-electron chi connectivity index (χ2n) is 13.3. The molecule has 0 spiro atoms. The quantitative estimate of drug-likeness (QED) is 0.187. The van der Waals surface area contributed by atoms with Gasteiger partial charge in [0.15, 0.2) is 0 Å². The smallest absolute Gasteiger partial charge is 0.260 e. The molecule has 3 nitrogen and oxygen atoms in total. The molecule has 0 unspecified atom stereocenters. The molecule has 5 heteroatoms. The first-order valence-corrected chi connectivity index (χ1v) is 15.6. The van der Waals surface area contributed by atoms with Gasteiger partial charge in [-0.25, -0.2) is 0 Å². The van der Waals surface area contributed by atoms with E-state index in [9.17, 15) is 0 Å². The van der Waals surface area contributed by atoms with Crippen molar-refractivity contribution in [2.24, 2.45) is 0 Å². The zero-order valence-corrected chi connectivity index (χ0v) is 25.0. The molecule has 1 aliphatic carbocycles. The summed E-state index contributed by atoms with van der Waals surface area (Å²) in [5, 5.41) is 0. The van der Waals surface area contributed by atoms with Gasteiger partial charge in [-0.1, -0.05) is 94.1 Å². The van der Waals surface area contributed by atoms with E-state index in [0.29, 0.717) is 0 Å². The molecule has 0 amide bonds. The standard InChI is InChI=1S/C37H30BNO2S/c1-36(2)21-37(3,4)33-23(36)17-18-25-35(33)41-30-20-22(19-29-34(30)38(25)24-11-5-8-14-28(24)40-29)39-26-12-6-9-15-31(26)42-32-16-10-7-13-27(32)39/h5-20H,21H2,1-4H3. The van der Waals surface area contributed by atoms with Gasteiger partial charge in [0.05, 0.1) is 17.1 Å². The average molecular weight is 564 g/mol. The topological polar surface area (TPSA) is 21.7 Å². The van der Waals surface area contributed by atoms with Crippen LogP contribution in [-0.2, 0) is 10.8 Å². The molecule has 42 heavy (non-hydrogen) atoms. The molecule has 4 aliphatic rings. The highest BCUT2D eigenvalue weighted by Gasteiger charge is 2.48. The van der Waals surface area contributed by atoms with Gasteiger partial charge in [-0.15, -0.1) is 0 Å². The molecule has 0 aromatic heterocycles. The van der Waals surface area contributed by atoms with Crippen LogP contribution in [0.5, 0.6) is 23.0 Å². The van der Waals surface area contributed by atoms with Crippen molar-refractivity contribution in [3.05, 3.63) is 108 Å². The summed E-state index contributed by atoms with van der Waals surface area (Å²) in [7, 11) is 0. The van der Waals surface area contributed by atoms with Gasteiger partial charge in [0.2, 0.25) is 0 Å². The van der Waals surface area contributed by atoms with E-state index in [1.165, 1.54) is 43.2 Å². The number of fused-ring (bicyclic) bond motifs is 8. The molecule has 0 saturated heterocycles. The van der Waals surface area contributed by atoms with E-state index in [1.54, 1.807) is 0 Å². The second-order valence-corrected chi connectivity index (χ2v) is 14.3. The van der Waals surface area contributed by atoms with Crippen LogP contribution in [0.1, 0.15) is 45.2 Å². The summed E-state index contributed by atoms with van der Waals surface area (Å²) in [5.74, 6) is 3.71. The number of rotatable bonds is 1. The van der Waals surface area contributed by atoms with Crippen LogP contribution < -0.4 is 30.8 Å². The van der Waals surface area contributed by atoms with E-state index in [4.69, 9.17) is 9.47 Å². The van der Waals surface area contributed by atoms with E-state index in [1.807, 2.05) is 11.8 Å². The fourth-order valence-corrected chi connectivity index (χ4v) is 9.19. The predicted molar refractivity (Wildman–Crippen MR) is 174 cm³/mol. The van der Waals surface area contributed by atoms with Crippen LogP contribution in [0.2, 0.25) is 0 Å². The lowest BCUT2D eigenvalue weighted by Crippen LogP contribution is -2.57. The van der Waals surface area contributed by atoms with E-state index < -0.39 is 0 Å². The van der Waals surface area contributed by atoms with E-state index >= 15 is 0 Å². The minimum Gasteiger partial charge on any atom is -0.458 e.